The molecule has 1 saturated carbocycles. The smallest absolute Gasteiger partial charge is 0.313 e. The van der Waals surface area contributed by atoms with Gasteiger partial charge in [-0.25, -0.2) is 0 Å². The highest BCUT2D eigenvalue weighted by atomic mass is 35.5. The van der Waals surface area contributed by atoms with Crippen molar-refractivity contribution < 1.29 is 24.0 Å². The zero-order chi connectivity index (χ0) is 23.5. The number of hydrogen-bond acceptors (Lipinski definition) is 6. The number of carbonyl (C=O) groups is 2. The van der Waals surface area contributed by atoms with Crippen molar-refractivity contribution in [3.8, 4) is 17.2 Å². The Kier molecular flexibility index (Phi) is 6.69. The van der Waals surface area contributed by atoms with E-state index in [-0.39, 0.29) is 51.7 Å². The number of rotatable bonds is 7. The number of halogens is 1. The van der Waals surface area contributed by atoms with Crippen LogP contribution in [0.3, 0.4) is 0 Å². The van der Waals surface area contributed by atoms with E-state index >= 15 is 0 Å². The van der Waals surface area contributed by atoms with Crippen molar-refractivity contribution in [1.29, 1.82) is 0 Å². The number of carbonyl (C=O) groups excluding carboxylic acids is 2. The van der Waals surface area contributed by atoms with E-state index in [1.165, 1.54) is 37.4 Å². The first-order valence-electron chi connectivity index (χ1n) is 10.7. The van der Waals surface area contributed by atoms with Crippen LogP contribution in [0.1, 0.15) is 36.0 Å². The minimum Gasteiger partial charge on any atom is -0.493 e. The third-order valence-corrected chi connectivity index (χ3v) is 5.99. The van der Waals surface area contributed by atoms with Crippen molar-refractivity contribution in [1.82, 2.24) is 10.2 Å². The van der Waals surface area contributed by atoms with Crippen molar-refractivity contribution in [2.75, 3.05) is 20.2 Å². The zero-order valence-corrected chi connectivity index (χ0v) is 18.8. The number of benzene rings is 2. The maximum atomic E-state index is 13.1. The largest absolute Gasteiger partial charge is 0.493 e. The molecule has 2 aromatic rings. The third-order valence-electron chi connectivity index (χ3n) is 5.75. The maximum absolute atomic E-state index is 13.1. The number of nitrogens with zero attached hydrogens (tertiary/aromatic N) is 2. The molecule has 1 aliphatic carbocycles. The molecule has 0 bridgehead atoms. The molecule has 2 amide bonds. The van der Waals surface area contributed by atoms with E-state index in [0.29, 0.717) is 18.7 Å². The van der Waals surface area contributed by atoms with Crippen LogP contribution in [0, 0.1) is 16.0 Å². The first-order valence-corrected chi connectivity index (χ1v) is 11.1. The first-order chi connectivity index (χ1) is 15.9. The van der Waals surface area contributed by atoms with Gasteiger partial charge in [0.2, 0.25) is 11.7 Å². The van der Waals surface area contributed by atoms with Gasteiger partial charge in [-0.3, -0.25) is 19.7 Å². The fourth-order valence-corrected chi connectivity index (χ4v) is 3.99. The van der Waals surface area contributed by atoms with Gasteiger partial charge in [-0.05, 0) is 56.0 Å². The fraction of sp³-hybridized carbons (Fsp3) is 0.391. The Morgan fingerprint density at radius 1 is 1.12 bits per heavy atom. The topological polar surface area (TPSA) is 111 Å². The maximum Gasteiger partial charge on any atom is 0.313 e. The second kappa shape index (κ2) is 9.66. The average Bonchev–Trinajstić information content (AvgIpc) is 3.64. The summed E-state index contributed by atoms with van der Waals surface area (Å²) in [5.74, 6) is 0.0765. The van der Waals surface area contributed by atoms with E-state index in [1.54, 1.807) is 11.0 Å². The lowest BCUT2D eigenvalue weighted by Crippen LogP contribution is -2.45. The Labute approximate surface area is 195 Å². The van der Waals surface area contributed by atoms with Crippen LogP contribution in [-0.2, 0) is 4.79 Å². The van der Waals surface area contributed by atoms with Crippen molar-refractivity contribution in [2.45, 2.75) is 31.7 Å². The standard InChI is InChI=1S/C23H24ClN3O6/c1-32-21-11-14(4-8-20(21)33-19-9-5-16(24)12-18(19)27(30)31)23(29)26-10-2-3-15(13-26)22(28)25-17-6-7-17/h4-5,8-9,11-12,15,17H,2-3,6-7,10,13H2,1H3,(H,25,28). The number of nitro groups is 1. The number of hydrogen-bond donors (Lipinski definition) is 1. The van der Waals surface area contributed by atoms with Crippen LogP contribution >= 0.6 is 11.6 Å². The Hall–Kier alpha value is -3.33. The minimum absolute atomic E-state index is 0.00215. The molecule has 2 aromatic carbocycles. The molecule has 1 unspecified atom stereocenters. The lowest BCUT2D eigenvalue weighted by Gasteiger charge is -2.32. The molecule has 9 nitrogen and oxygen atoms in total. The van der Waals surface area contributed by atoms with Crippen molar-refractivity contribution in [3.63, 3.8) is 0 Å². The molecule has 1 heterocycles. The van der Waals surface area contributed by atoms with E-state index in [0.717, 1.165) is 25.7 Å². The van der Waals surface area contributed by atoms with Gasteiger partial charge in [-0.2, -0.15) is 0 Å². The summed E-state index contributed by atoms with van der Waals surface area (Å²) in [7, 11) is 1.42. The number of ether oxygens (including phenoxy) is 2. The van der Waals surface area contributed by atoms with Gasteiger partial charge in [0, 0.05) is 35.8 Å². The Balaban J connectivity index is 1.50. The molecule has 1 saturated heterocycles. The highest BCUT2D eigenvalue weighted by Crippen LogP contribution is 2.38. The van der Waals surface area contributed by atoms with Crippen LogP contribution in [0.25, 0.3) is 0 Å². The fourth-order valence-electron chi connectivity index (χ4n) is 3.83. The normalized spacial score (nSPS) is 17.9. The van der Waals surface area contributed by atoms with Crippen LogP contribution < -0.4 is 14.8 Å². The van der Waals surface area contributed by atoms with E-state index in [9.17, 15) is 19.7 Å². The Morgan fingerprint density at radius 2 is 1.88 bits per heavy atom. The molecule has 0 spiro atoms. The van der Waals surface area contributed by atoms with Crippen LogP contribution in [0.15, 0.2) is 36.4 Å². The van der Waals surface area contributed by atoms with E-state index in [1.807, 2.05) is 0 Å². The quantitative estimate of drug-likeness (QED) is 0.477. The average molecular weight is 474 g/mol. The summed E-state index contributed by atoms with van der Waals surface area (Å²) in [6.07, 6.45) is 3.56. The summed E-state index contributed by atoms with van der Waals surface area (Å²) in [5, 5.41) is 14.6. The van der Waals surface area contributed by atoms with Gasteiger partial charge < -0.3 is 19.7 Å². The van der Waals surface area contributed by atoms with Crippen LogP contribution in [-0.4, -0.2) is 47.9 Å². The summed E-state index contributed by atoms with van der Waals surface area (Å²) in [5.41, 5.74) is 0.0987. The molecule has 10 heteroatoms. The number of amides is 2. The summed E-state index contributed by atoms with van der Waals surface area (Å²) >= 11 is 5.86. The third kappa shape index (κ3) is 5.36. The molecule has 33 heavy (non-hydrogen) atoms. The van der Waals surface area contributed by atoms with E-state index in [4.69, 9.17) is 21.1 Å². The van der Waals surface area contributed by atoms with Gasteiger partial charge in [-0.15, -0.1) is 0 Å². The molecule has 1 N–H and O–H groups in total. The molecule has 0 radical (unpaired) electrons. The highest BCUT2D eigenvalue weighted by Gasteiger charge is 2.32. The van der Waals surface area contributed by atoms with Crippen molar-refractivity contribution >= 4 is 29.1 Å². The molecular weight excluding hydrogens is 450 g/mol. The predicted octanol–water partition coefficient (Wildman–Crippen LogP) is 4.18. The predicted molar refractivity (Wildman–Crippen MR) is 121 cm³/mol. The summed E-state index contributed by atoms with van der Waals surface area (Å²) in [6.45, 7) is 0.943. The number of methoxy groups -OCH3 is 1. The molecular formula is C23H24ClN3O6. The molecule has 174 valence electrons. The van der Waals surface area contributed by atoms with Gasteiger partial charge in [0.05, 0.1) is 18.0 Å². The van der Waals surface area contributed by atoms with Gasteiger partial charge in [0.25, 0.3) is 5.91 Å². The second-order valence-electron chi connectivity index (χ2n) is 8.21. The Bertz CT molecular complexity index is 1090. The summed E-state index contributed by atoms with van der Waals surface area (Å²) in [6, 6.07) is 9.03. The molecule has 2 aliphatic rings. The zero-order valence-electron chi connectivity index (χ0n) is 18.1. The van der Waals surface area contributed by atoms with Crippen molar-refractivity contribution in [2.24, 2.45) is 5.92 Å². The molecule has 4 rings (SSSR count). The number of nitrogens with one attached hydrogen (secondary N) is 1. The lowest BCUT2D eigenvalue weighted by molar-refractivity contribution is -0.385. The van der Waals surface area contributed by atoms with Crippen LogP contribution in [0.2, 0.25) is 5.02 Å². The number of nitro benzene ring substituents is 1. The molecule has 2 fully saturated rings. The summed E-state index contributed by atoms with van der Waals surface area (Å²) in [4.78, 5) is 38.0. The monoisotopic (exact) mass is 473 g/mol. The minimum atomic E-state index is -0.586. The number of likely N-dealkylation sites (tertiary alicyclic amines) is 1. The van der Waals surface area contributed by atoms with Gasteiger partial charge in [0.1, 0.15) is 0 Å². The molecule has 1 aliphatic heterocycles. The van der Waals surface area contributed by atoms with Crippen molar-refractivity contribution in [3.05, 3.63) is 57.1 Å². The number of piperidine rings is 1. The van der Waals surface area contributed by atoms with Gasteiger partial charge in [0.15, 0.2) is 11.5 Å². The van der Waals surface area contributed by atoms with Gasteiger partial charge in [-0.1, -0.05) is 11.6 Å². The highest BCUT2D eigenvalue weighted by molar-refractivity contribution is 6.30. The first kappa shape index (κ1) is 22.8. The van der Waals surface area contributed by atoms with E-state index in [2.05, 4.69) is 5.32 Å². The summed E-state index contributed by atoms with van der Waals surface area (Å²) < 4.78 is 11.1. The molecule has 0 aromatic heterocycles. The SMILES string of the molecule is COc1cc(C(=O)N2CCCC(C(=O)NC3CC3)C2)ccc1Oc1ccc(Cl)cc1[N+](=O)[O-]. The van der Waals surface area contributed by atoms with Crippen LogP contribution in [0.4, 0.5) is 5.69 Å². The molecule has 1 atom stereocenters. The van der Waals surface area contributed by atoms with Crippen LogP contribution in [0.5, 0.6) is 17.2 Å². The lowest BCUT2D eigenvalue weighted by atomic mass is 9.96. The Morgan fingerprint density at radius 3 is 2.58 bits per heavy atom. The van der Waals surface area contributed by atoms with E-state index < -0.39 is 4.92 Å². The van der Waals surface area contributed by atoms with Gasteiger partial charge >= 0.3 is 5.69 Å². The second-order valence-corrected chi connectivity index (χ2v) is 8.65.